The van der Waals surface area contributed by atoms with Gasteiger partial charge in [0.2, 0.25) is 0 Å². The molecule has 0 spiro atoms. The van der Waals surface area contributed by atoms with Crippen molar-refractivity contribution in [2.24, 2.45) is 5.92 Å². The molecule has 1 aromatic heterocycles. The lowest BCUT2D eigenvalue weighted by Crippen LogP contribution is -2.46. The van der Waals surface area contributed by atoms with Gasteiger partial charge in [-0.15, -0.1) is 0 Å². The molecule has 4 heteroatoms. The minimum Gasteiger partial charge on any atom is -0.465 e. The molecule has 4 nitrogen and oxygen atoms in total. The average molecular weight is 279 g/mol. The fourth-order valence-corrected chi connectivity index (χ4v) is 2.90. The first-order valence-electron chi connectivity index (χ1n) is 7.76. The molecule has 1 saturated heterocycles. The molecule has 1 fully saturated rings. The Morgan fingerprint density at radius 2 is 1.85 bits per heavy atom. The molecule has 0 bridgehead atoms. The van der Waals surface area contributed by atoms with Crippen molar-refractivity contribution in [3.8, 4) is 0 Å². The zero-order valence-electron chi connectivity index (χ0n) is 13.4. The van der Waals surface area contributed by atoms with Crippen molar-refractivity contribution in [3.05, 3.63) is 23.2 Å². The smallest absolute Gasteiger partial charge is 0.118 e. The third-order valence-electron chi connectivity index (χ3n) is 3.91. The third-order valence-corrected chi connectivity index (χ3v) is 3.91. The van der Waals surface area contributed by atoms with Gasteiger partial charge in [0.15, 0.2) is 0 Å². The van der Waals surface area contributed by atoms with Gasteiger partial charge in [0.25, 0.3) is 0 Å². The summed E-state index contributed by atoms with van der Waals surface area (Å²) in [5.74, 6) is 2.91. The topological polar surface area (TPSA) is 31.6 Å². The van der Waals surface area contributed by atoms with E-state index in [-0.39, 0.29) is 0 Å². The molecule has 1 aliphatic heterocycles. The summed E-state index contributed by atoms with van der Waals surface area (Å²) in [5, 5.41) is 3.19. The molecular weight excluding hydrogens is 250 g/mol. The van der Waals surface area contributed by atoms with Gasteiger partial charge in [-0.2, -0.15) is 0 Å². The summed E-state index contributed by atoms with van der Waals surface area (Å²) in [6, 6.07) is 2.20. The van der Waals surface area contributed by atoms with E-state index in [9.17, 15) is 0 Å². The number of nitrogens with zero attached hydrogens (tertiary/aromatic N) is 2. The lowest BCUT2D eigenvalue weighted by atomic mass is 10.2. The number of piperazine rings is 1. The van der Waals surface area contributed by atoms with Crippen molar-refractivity contribution < 1.29 is 4.42 Å². The van der Waals surface area contributed by atoms with E-state index in [1.54, 1.807) is 0 Å². The van der Waals surface area contributed by atoms with Crippen LogP contribution in [-0.4, -0.2) is 49.6 Å². The first-order chi connectivity index (χ1) is 9.58. The van der Waals surface area contributed by atoms with Crippen LogP contribution in [0.3, 0.4) is 0 Å². The molecule has 0 unspecified atom stereocenters. The Kier molecular flexibility index (Phi) is 5.64. The Bertz CT molecular complexity index is 406. The Morgan fingerprint density at radius 1 is 1.20 bits per heavy atom. The molecule has 1 aliphatic rings. The SMILES string of the molecule is CNCc1cc(CN2CCN(CC(C)C)CC2)oc1C. The van der Waals surface area contributed by atoms with Crippen molar-refractivity contribution in [2.45, 2.75) is 33.9 Å². The largest absolute Gasteiger partial charge is 0.465 e. The highest BCUT2D eigenvalue weighted by atomic mass is 16.3. The summed E-state index contributed by atoms with van der Waals surface area (Å²) in [7, 11) is 1.97. The summed E-state index contributed by atoms with van der Waals surface area (Å²) >= 11 is 0. The maximum atomic E-state index is 5.87. The zero-order chi connectivity index (χ0) is 14.5. The van der Waals surface area contributed by atoms with E-state index in [1.807, 2.05) is 7.05 Å². The van der Waals surface area contributed by atoms with E-state index in [0.717, 1.165) is 43.6 Å². The predicted molar refractivity (Wildman–Crippen MR) is 82.8 cm³/mol. The van der Waals surface area contributed by atoms with Gasteiger partial charge in [-0.1, -0.05) is 13.8 Å². The second-order valence-corrected chi connectivity index (χ2v) is 6.30. The van der Waals surface area contributed by atoms with Gasteiger partial charge in [0.05, 0.1) is 6.54 Å². The van der Waals surface area contributed by atoms with Gasteiger partial charge in [-0.3, -0.25) is 4.90 Å². The van der Waals surface area contributed by atoms with E-state index < -0.39 is 0 Å². The molecule has 20 heavy (non-hydrogen) atoms. The summed E-state index contributed by atoms with van der Waals surface area (Å²) in [4.78, 5) is 5.07. The standard InChI is InChI=1S/C16H29N3O/c1-13(2)11-18-5-7-19(8-6-18)12-16-9-15(10-17-4)14(3)20-16/h9,13,17H,5-8,10-12H2,1-4H3. The second-order valence-electron chi connectivity index (χ2n) is 6.30. The Morgan fingerprint density at radius 3 is 2.45 bits per heavy atom. The van der Waals surface area contributed by atoms with E-state index in [2.05, 4.69) is 42.0 Å². The van der Waals surface area contributed by atoms with Crippen molar-refractivity contribution in [3.63, 3.8) is 0 Å². The minimum absolute atomic E-state index is 0.762. The predicted octanol–water partition coefficient (Wildman–Crippen LogP) is 2.08. The van der Waals surface area contributed by atoms with Gasteiger partial charge < -0.3 is 14.6 Å². The molecule has 0 amide bonds. The van der Waals surface area contributed by atoms with Crippen molar-refractivity contribution >= 4 is 0 Å². The van der Waals surface area contributed by atoms with Crippen LogP contribution in [-0.2, 0) is 13.1 Å². The van der Waals surface area contributed by atoms with Crippen LogP contribution >= 0.6 is 0 Å². The number of hydrogen-bond donors (Lipinski definition) is 1. The van der Waals surface area contributed by atoms with Gasteiger partial charge in [0, 0.05) is 44.8 Å². The normalized spacial score (nSPS) is 18.1. The molecule has 114 valence electrons. The molecule has 0 radical (unpaired) electrons. The summed E-state index contributed by atoms with van der Waals surface area (Å²) in [5.41, 5.74) is 1.28. The Labute approximate surface area is 123 Å². The summed E-state index contributed by atoms with van der Waals surface area (Å²) in [6.45, 7) is 14.3. The van der Waals surface area contributed by atoms with Gasteiger partial charge >= 0.3 is 0 Å². The maximum Gasteiger partial charge on any atom is 0.118 e. The van der Waals surface area contributed by atoms with Crippen LogP contribution in [0.5, 0.6) is 0 Å². The highest BCUT2D eigenvalue weighted by Crippen LogP contribution is 2.17. The van der Waals surface area contributed by atoms with Gasteiger partial charge in [-0.25, -0.2) is 0 Å². The number of nitrogens with one attached hydrogen (secondary N) is 1. The van der Waals surface area contributed by atoms with Crippen molar-refractivity contribution in [1.29, 1.82) is 0 Å². The van der Waals surface area contributed by atoms with Gasteiger partial charge in [-0.05, 0) is 26.0 Å². The molecule has 0 aliphatic carbocycles. The quantitative estimate of drug-likeness (QED) is 0.864. The fraction of sp³-hybridized carbons (Fsp3) is 0.750. The second kappa shape index (κ2) is 7.25. The molecule has 1 N–H and O–H groups in total. The third kappa shape index (κ3) is 4.33. The molecule has 1 aromatic rings. The lowest BCUT2D eigenvalue weighted by Gasteiger charge is -2.35. The van der Waals surface area contributed by atoms with Crippen LogP contribution in [0.25, 0.3) is 0 Å². The van der Waals surface area contributed by atoms with Crippen LogP contribution in [0.15, 0.2) is 10.5 Å². The first kappa shape index (κ1) is 15.5. The van der Waals surface area contributed by atoms with Crippen LogP contribution in [0.4, 0.5) is 0 Å². The van der Waals surface area contributed by atoms with Crippen molar-refractivity contribution in [2.75, 3.05) is 39.8 Å². The van der Waals surface area contributed by atoms with E-state index in [0.29, 0.717) is 0 Å². The van der Waals surface area contributed by atoms with Crippen molar-refractivity contribution in [1.82, 2.24) is 15.1 Å². The van der Waals surface area contributed by atoms with Crippen LogP contribution < -0.4 is 5.32 Å². The number of furan rings is 1. The van der Waals surface area contributed by atoms with E-state index >= 15 is 0 Å². The number of aryl methyl sites for hydroxylation is 1. The van der Waals surface area contributed by atoms with Crippen LogP contribution in [0, 0.1) is 12.8 Å². The number of rotatable bonds is 6. The summed E-state index contributed by atoms with van der Waals surface area (Å²) in [6.07, 6.45) is 0. The minimum atomic E-state index is 0.762. The Hall–Kier alpha value is -0.840. The molecular formula is C16H29N3O. The Balaban J connectivity index is 1.82. The van der Waals surface area contributed by atoms with E-state index in [4.69, 9.17) is 4.42 Å². The highest BCUT2D eigenvalue weighted by Gasteiger charge is 2.19. The van der Waals surface area contributed by atoms with Crippen LogP contribution in [0.2, 0.25) is 0 Å². The lowest BCUT2D eigenvalue weighted by molar-refractivity contribution is 0.111. The maximum absolute atomic E-state index is 5.87. The van der Waals surface area contributed by atoms with Crippen LogP contribution in [0.1, 0.15) is 30.9 Å². The monoisotopic (exact) mass is 279 g/mol. The summed E-state index contributed by atoms with van der Waals surface area (Å²) < 4.78 is 5.87. The van der Waals surface area contributed by atoms with Gasteiger partial charge in [0.1, 0.15) is 11.5 Å². The fourth-order valence-electron chi connectivity index (χ4n) is 2.90. The number of hydrogen-bond acceptors (Lipinski definition) is 4. The molecule has 0 atom stereocenters. The average Bonchev–Trinajstić information content (AvgIpc) is 2.72. The molecule has 2 rings (SSSR count). The molecule has 2 heterocycles. The molecule has 0 saturated carbocycles. The first-order valence-corrected chi connectivity index (χ1v) is 7.76. The zero-order valence-corrected chi connectivity index (χ0v) is 13.4. The molecule has 0 aromatic carbocycles. The van der Waals surface area contributed by atoms with E-state index in [1.165, 1.54) is 25.2 Å². The highest BCUT2D eigenvalue weighted by molar-refractivity contribution is 5.20.